The third-order valence-electron chi connectivity index (χ3n) is 2.21. The molecule has 0 unspecified atom stereocenters. The van der Waals surface area contributed by atoms with Crippen LogP contribution in [0.25, 0.3) is 5.57 Å². The molecule has 0 amide bonds. The first-order valence-corrected chi connectivity index (χ1v) is 5.46. The lowest BCUT2D eigenvalue weighted by Crippen LogP contribution is -2.13. The van der Waals surface area contributed by atoms with Gasteiger partial charge in [-0.25, -0.2) is 4.98 Å². The second-order valence-corrected chi connectivity index (χ2v) is 4.39. The third kappa shape index (κ3) is 3.66. The number of carbonyl (C=O) groups is 1. The van der Waals surface area contributed by atoms with E-state index in [4.69, 9.17) is 0 Å². The van der Waals surface area contributed by atoms with E-state index in [0.29, 0.717) is 11.1 Å². The van der Waals surface area contributed by atoms with Crippen LogP contribution in [0.1, 0.15) is 19.4 Å². The molecule has 17 heavy (non-hydrogen) atoms. The van der Waals surface area contributed by atoms with Gasteiger partial charge >= 0.3 is 0 Å². The molecule has 1 aromatic heterocycles. The van der Waals surface area contributed by atoms with Crippen LogP contribution in [0.3, 0.4) is 0 Å². The third-order valence-corrected chi connectivity index (χ3v) is 2.21. The summed E-state index contributed by atoms with van der Waals surface area (Å²) in [5, 5.41) is 0. The van der Waals surface area contributed by atoms with Crippen LogP contribution in [-0.2, 0) is 4.79 Å². The molecule has 0 saturated carbocycles. The molecule has 0 atom stereocenters. The predicted octanol–water partition coefficient (Wildman–Crippen LogP) is 2.35. The Balaban J connectivity index is 3.21. The molecule has 0 aromatic carbocycles. The number of Topliss-reactive ketones (excluding diaryl/α,β-unsaturated/α-hetero) is 1. The van der Waals surface area contributed by atoms with Crippen molar-refractivity contribution in [3.8, 4) is 0 Å². The molecule has 4 heteroatoms. The van der Waals surface area contributed by atoms with Gasteiger partial charge in [-0.05, 0) is 11.6 Å². The largest absolute Gasteiger partial charge is 0.383 e. The Morgan fingerprint density at radius 2 is 2.12 bits per heavy atom. The number of hydrogen-bond acceptors (Lipinski definition) is 3. The first kappa shape index (κ1) is 13.4. The number of carbonyl (C=O) groups excluding carboxylic acids is 1. The highest BCUT2D eigenvalue weighted by molar-refractivity contribution is 6.21. The summed E-state index contributed by atoms with van der Waals surface area (Å²) in [7, 11) is 3.65. The normalized spacial score (nSPS) is 11.8. The smallest absolute Gasteiger partial charge is 0.213 e. The maximum atomic E-state index is 13.1. The van der Waals surface area contributed by atoms with E-state index in [1.165, 1.54) is 12.3 Å². The van der Waals surface area contributed by atoms with Gasteiger partial charge in [-0.15, -0.1) is 0 Å². The summed E-state index contributed by atoms with van der Waals surface area (Å²) in [4.78, 5) is 17.3. The van der Waals surface area contributed by atoms with Crippen molar-refractivity contribution in [1.82, 2.24) is 9.88 Å². The summed E-state index contributed by atoms with van der Waals surface area (Å²) in [6.07, 6.45) is 3.07. The summed E-state index contributed by atoms with van der Waals surface area (Å²) >= 11 is 0. The minimum atomic E-state index is -0.580. The van der Waals surface area contributed by atoms with Gasteiger partial charge < -0.3 is 4.90 Å². The van der Waals surface area contributed by atoms with Gasteiger partial charge in [0, 0.05) is 44.0 Å². The minimum Gasteiger partial charge on any atom is -0.383 e. The Hall–Kier alpha value is -1.71. The Labute approximate surface area is 101 Å². The number of allylic oxidation sites excluding steroid dienone is 1. The second kappa shape index (κ2) is 5.57. The van der Waals surface area contributed by atoms with Crippen molar-refractivity contribution in [2.45, 2.75) is 13.8 Å². The monoisotopic (exact) mass is 236 g/mol. The molecule has 0 spiro atoms. The maximum absolute atomic E-state index is 13.1. The van der Waals surface area contributed by atoms with E-state index in [1.807, 2.05) is 27.9 Å². The van der Waals surface area contributed by atoms with Crippen LogP contribution in [0.15, 0.2) is 24.5 Å². The van der Waals surface area contributed by atoms with Gasteiger partial charge in [0.1, 0.15) is 0 Å². The average Bonchev–Trinajstić information content (AvgIpc) is 2.24. The predicted molar refractivity (Wildman–Crippen MR) is 65.7 cm³/mol. The van der Waals surface area contributed by atoms with Crippen LogP contribution >= 0.6 is 0 Å². The van der Waals surface area contributed by atoms with Crippen molar-refractivity contribution in [3.05, 3.63) is 36.0 Å². The van der Waals surface area contributed by atoms with E-state index in [-0.39, 0.29) is 11.7 Å². The highest BCUT2D eigenvalue weighted by Gasteiger charge is 2.16. The molecule has 1 rings (SSSR count). The number of rotatable bonds is 4. The molecule has 1 heterocycles. The Morgan fingerprint density at radius 3 is 2.59 bits per heavy atom. The number of nitrogens with zero attached hydrogens (tertiary/aromatic N) is 2. The summed E-state index contributed by atoms with van der Waals surface area (Å²) in [5.41, 5.74) is 1.07. The number of pyridine rings is 1. The zero-order chi connectivity index (χ0) is 13.0. The average molecular weight is 236 g/mol. The zero-order valence-corrected chi connectivity index (χ0v) is 10.6. The summed E-state index contributed by atoms with van der Waals surface area (Å²) in [5.74, 6) is -0.717. The molecule has 0 aliphatic rings. The van der Waals surface area contributed by atoms with Crippen molar-refractivity contribution in [2.24, 2.45) is 5.92 Å². The number of halogens is 1. The number of aromatic nitrogens is 1. The molecule has 0 radical (unpaired) electrons. The number of hydrogen-bond donors (Lipinski definition) is 0. The fourth-order valence-corrected chi connectivity index (χ4v) is 1.42. The molecule has 0 N–H and O–H groups in total. The maximum Gasteiger partial charge on any atom is 0.213 e. The molecular weight excluding hydrogens is 219 g/mol. The highest BCUT2D eigenvalue weighted by Crippen LogP contribution is 2.19. The second-order valence-electron chi connectivity index (χ2n) is 4.39. The van der Waals surface area contributed by atoms with E-state index >= 15 is 0 Å². The van der Waals surface area contributed by atoms with Gasteiger partial charge in [0.25, 0.3) is 0 Å². The Bertz CT molecular complexity index is 439. The lowest BCUT2D eigenvalue weighted by atomic mass is 9.96. The van der Waals surface area contributed by atoms with Crippen molar-refractivity contribution in [2.75, 3.05) is 14.1 Å². The van der Waals surface area contributed by atoms with Crippen molar-refractivity contribution in [3.63, 3.8) is 0 Å². The molecule has 1 aromatic rings. The van der Waals surface area contributed by atoms with E-state index in [0.717, 1.165) is 0 Å². The lowest BCUT2D eigenvalue weighted by molar-refractivity contribution is -0.116. The van der Waals surface area contributed by atoms with Gasteiger partial charge in [-0.3, -0.25) is 4.79 Å². The summed E-state index contributed by atoms with van der Waals surface area (Å²) in [6.45, 7) is 3.65. The Morgan fingerprint density at radius 1 is 1.47 bits per heavy atom. The Kier molecular flexibility index (Phi) is 4.37. The molecule has 0 fully saturated rings. The zero-order valence-electron chi connectivity index (χ0n) is 10.6. The molecule has 0 bridgehead atoms. The fourth-order valence-electron chi connectivity index (χ4n) is 1.42. The molecule has 0 aliphatic carbocycles. The van der Waals surface area contributed by atoms with Crippen LogP contribution < -0.4 is 0 Å². The van der Waals surface area contributed by atoms with Gasteiger partial charge in [0.15, 0.2) is 5.78 Å². The topological polar surface area (TPSA) is 33.2 Å². The first-order valence-electron chi connectivity index (χ1n) is 5.46. The van der Waals surface area contributed by atoms with E-state index in [1.54, 1.807) is 17.2 Å². The summed E-state index contributed by atoms with van der Waals surface area (Å²) < 4.78 is 13.1. The van der Waals surface area contributed by atoms with Crippen LogP contribution in [0, 0.1) is 11.9 Å². The van der Waals surface area contributed by atoms with Gasteiger partial charge in [-0.1, -0.05) is 13.8 Å². The fraction of sp³-hybridized carbons (Fsp3) is 0.385. The molecular formula is C13H17FN2O. The standard InChI is InChI=1S/C13H17FN2O/c1-9(2)13(17)11(8-16(3)4)10-5-6-15-12(14)7-10/h5-9H,1-4H3/b11-8+. The van der Waals surface area contributed by atoms with Crippen molar-refractivity contribution in [1.29, 1.82) is 0 Å². The van der Waals surface area contributed by atoms with Crippen LogP contribution in [0.4, 0.5) is 4.39 Å². The molecule has 0 saturated heterocycles. The van der Waals surface area contributed by atoms with Gasteiger partial charge in [-0.2, -0.15) is 4.39 Å². The highest BCUT2D eigenvalue weighted by atomic mass is 19.1. The van der Waals surface area contributed by atoms with Crippen LogP contribution in [0.5, 0.6) is 0 Å². The first-order chi connectivity index (χ1) is 7.91. The van der Waals surface area contributed by atoms with E-state index in [9.17, 15) is 9.18 Å². The van der Waals surface area contributed by atoms with Crippen molar-refractivity contribution < 1.29 is 9.18 Å². The van der Waals surface area contributed by atoms with Crippen molar-refractivity contribution >= 4 is 11.4 Å². The molecule has 3 nitrogen and oxygen atoms in total. The van der Waals surface area contributed by atoms with E-state index in [2.05, 4.69) is 4.98 Å². The van der Waals surface area contributed by atoms with Crippen LogP contribution in [-0.4, -0.2) is 29.8 Å². The summed E-state index contributed by atoms with van der Waals surface area (Å²) in [6, 6.07) is 2.91. The van der Waals surface area contributed by atoms with Crippen LogP contribution in [0.2, 0.25) is 0 Å². The van der Waals surface area contributed by atoms with Gasteiger partial charge in [0.2, 0.25) is 5.95 Å². The number of ketones is 1. The molecule has 0 aliphatic heterocycles. The molecule has 92 valence electrons. The van der Waals surface area contributed by atoms with E-state index < -0.39 is 5.95 Å². The minimum absolute atomic E-state index is 0.00991. The lowest BCUT2D eigenvalue weighted by Gasteiger charge is -2.13. The van der Waals surface area contributed by atoms with Gasteiger partial charge in [0.05, 0.1) is 0 Å². The quantitative estimate of drug-likeness (QED) is 0.594. The SMILES string of the molecule is CC(C)C(=O)/C(=C/N(C)C)c1ccnc(F)c1.